The number of hydrogen-bond acceptors (Lipinski definition) is 5. The van der Waals surface area contributed by atoms with Crippen LogP contribution in [0.3, 0.4) is 0 Å². The van der Waals surface area contributed by atoms with Gasteiger partial charge in [0.25, 0.3) is 0 Å². The van der Waals surface area contributed by atoms with Crippen LogP contribution in [0, 0.1) is 11.7 Å². The van der Waals surface area contributed by atoms with Crippen LogP contribution in [-0.4, -0.2) is 24.3 Å². The standard InChI is InChI=1S/C24H21N5S3/c1-17-9-11-19(12-10-17)29-20(21-8-5-13-31-21)14-25-24(29)32-16-22-26-27-23(30)28(22)15-18-6-3-2-4-7-18/h2-14H,15-16H2,1H3,(H,27,30). The van der Waals surface area contributed by atoms with Crippen molar-refractivity contribution in [3.63, 3.8) is 0 Å². The van der Waals surface area contributed by atoms with E-state index in [1.54, 1.807) is 23.1 Å². The fourth-order valence-electron chi connectivity index (χ4n) is 3.50. The van der Waals surface area contributed by atoms with Crippen molar-refractivity contribution in [1.82, 2.24) is 24.3 Å². The molecule has 0 amide bonds. The Bertz CT molecular complexity index is 1360. The number of benzene rings is 2. The lowest BCUT2D eigenvalue weighted by molar-refractivity contribution is 0.745. The number of aromatic amines is 1. The van der Waals surface area contributed by atoms with Crippen LogP contribution >= 0.6 is 35.3 Å². The summed E-state index contributed by atoms with van der Waals surface area (Å²) in [5.74, 6) is 1.56. The van der Waals surface area contributed by atoms with Gasteiger partial charge in [0.05, 0.1) is 29.1 Å². The van der Waals surface area contributed by atoms with E-state index < -0.39 is 0 Å². The third kappa shape index (κ3) is 4.34. The summed E-state index contributed by atoms with van der Waals surface area (Å²) in [6.07, 6.45) is 1.95. The van der Waals surface area contributed by atoms with Crippen molar-refractivity contribution in [3.05, 3.63) is 100 Å². The summed E-state index contributed by atoms with van der Waals surface area (Å²) in [5.41, 5.74) is 4.62. The summed E-state index contributed by atoms with van der Waals surface area (Å²) in [7, 11) is 0. The van der Waals surface area contributed by atoms with E-state index in [1.807, 2.05) is 24.4 Å². The lowest BCUT2D eigenvalue weighted by Gasteiger charge is -2.12. The van der Waals surface area contributed by atoms with E-state index in [-0.39, 0.29) is 0 Å². The molecule has 32 heavy (non-hydrogen) atoms. The van der Waals surface area contributed by atoms with Gasteiger partial charge in [-0.3, -0.25) is 14.2 Å². The van der Waals surface area contributed by atoms with Crippen molar-refractivity contribution >= 4 is 35.3 Å². The minimum Gasteiger partial charge on any atom is -0.299 e. The number of rotatable bonds is 7. The summed E-state index contributed by atoms with van der Waals surface area (Å²) in [5, 5.41) is 10.5. The molecule has 0 saturated carbocycles. The maximum Gasteiger partial charge on any atom is 0.195 e. The molecule has 0 bridgehead atoms. The predicted octanol–water partition coefficient (Wildman–Crippen LogP) is 6.50. The number of imidazole rings is 1. The van der Waals surface area contributed by atoms with Gasteiger partial charge in [0.1, 0.15) is 5.82 Å². The van der Waals surface area contributed by atoms with Gasteiger partial charge >= 0.3 is 0 Å². The maximum atomic E-state index is 5.49. The highest BCUT2D eigenvalue weighted by Crippen LogP contribution is 2.33. The SMILES string of the molecule is Cc1ccc(-n2c(-c3cccs3)cnc2SCc2n[nH]c(=S)n2Cc2ccccc2)cc1. The zero-order chi connectivity index (χ0) is 21.9. The summed E-state index contributed by atoms with van der Waals surface area (Å²) in [4.78, 5) is 5.96. The van der Waals surface area contributed by atoms with Crippen LogP contribution in [-0.2, 0) is 12.3 Å². The van der Waals surface area contributed by atoms with Crippen LogP contribution in [0.4, 0.5) is 0 Å². The lowest BCUT2D eigenvalue weighted by Crippen LogP contribution is -2.05. The first-order valence-electron chi connectivity index (χ1n) is 10.2. The number of thiophene rings is 1. The molecule has 8 heteroatoms. The van der Waals surface area contributed by atoms with Gasteiger partial charge in [-0.1, -0.05) is 65.9 Å². The van der Waals surface area contributed by atoms with Gasteiger partial charge < -0.3 is 0 Å². The molecule has 0 aliphatic rings. The Morgan fingerprint density at radius 1 is 1.03 bits per heavy atom. The second-order valence-electron chi connectivity index (χ2n) is 7.38. The second-order valence-corrected chi connectivity index (χ2v) is 9.66. The molecule has 0 saturated heterocycles. The molecule has 5 aromatic rings. The average Bonchev–Trinajstić information content (AvgIpc) is 3.55. The molecule has 0 unspecified atom stereocenters. The van der Waals surface area contributed by atoms with E-state index in [2.05, 4.69) is 80.2 Å². The van der Waals surface area contributed by atoms with Crippen molar-refractivity contribution in [2.75, 3.05) is 0 Å². The van der Waals surface area contributed by atoms with Crippen LogP contribution < -0.4 is 0 Å². The molecule has 0 aliphatic carbocycles. The Kier molecular flexibility index (Phi) is 6.07. The van der Waals surface area contributed by atoms with Gasteiger partial charge in [0, 0.05) is 5.69 Å². The number of nitrogens with one attached hydrogen (secondary N) is 1. The summed E-state index contributed by atoms with van der Waals surface area (Å²) in [6.45, 7) is 2.79. The van der Waals surface area contributed by atoms with E-state index in [4.69, 9.17) is 17.2 Å². The highest BCUT2D eigenvalue weighted by Gasteiger charge is 2.16. The summed E-state index contributed by atoms with van der Waals surface area (Å²) in [6, 6.07) is 23.0. The number of hydrogen-bond donors (Lipinski definition) is 1. The van der Waals surface area contributed by atoms with Crippen LogP contribution in [0.25, 0.3) is 16.3 Å². The van der Waals surface area contributed by atoms with Gasteiger partial charge in [-0.05, 0) is 48.3 Å². The molecule has 0 atom stereocenters. The van der Waals surface area contributed by atoms with Crippen molar-refractivity contribution in [3.8, 4) is 16.3 Å². The maximum absolute atomic E-state index is 5.49. The van der Waals surface area contributed by atoms with Crippen LogP contribution in [0.15, 0.2) is 83.5 Å². The van der Waals surface area contributed by atoms with Crippen molar-refractivity contribution in [2.24, 2.45) is 0 Å². The molecule has 3 aromatic heterocycles. The zero-order valence-corrected chi connectivity index (χ0v) is 19.9. The van der Waals surface area contributed by atoms with E-state index >= 15 is 0 Å². The Morgan fingerprint density at radius 2 is 1.84 bits per heavy atom. The van der Waals surface area contributed by atoms with Crippen molar-refractivity contribution < 1.29 is 0 Å². The molecular formula is C24H21N5S3. The van der Waals surface area contributed by atoms with Crippen LogP contribution in [0.2, 0.25) is 0 Å². The zero-order valence-electron chi connectivity index (χ0n) is 17.4. The Hall–Kier alpha value is -2.94. The molecule has 3 heterocycles. The first-order chi connectivity index (χ1) is 15.7. The van der Waals surface area contributed by atoms with Crippen LogP contribution in [0.1, 0.15) is 17.0 Å². The quantitative estimate of drug-likeness (QED) is 0.215. The third-order valence-corrected chi connectivity index (χ3v) is 7.30. The van der Waals surface area contributed by atoms with Gasteiger partial charge in [-0.25, -0.2) is 4.98 Å². The molecule has 5 nitrogen and oxygen atoms in total. The topological polar surface area (TPSA) is 51.4 Å². The molecule has 2 aromatic carbocycles. The number of aryl methyl sites for hydroxylation is 1. The molecule has 0 fully saturated rings. The minimum absolute atomic E-state index is 0.630. The Labute approximate surface area is 199 Å². The van der Waals surface area contributed by atoms with E-state index in [0.29, 0.717) is 17.1 Å². The van der Waals surface area contributed by atoms with E-state index in [9.17, 15) is 0 Å². The summed E-state index contributed by atoms with van der Waals surface area (Å²) < 4.78 is 4.90. The largest absolute Gasteiger partial charge is 0.299 e. The van der Waals surface area contributed by atoms with Crippen molar-refractivity contribution in [2.45, 2.75) is 24.4 Å². The monoisotopic (exact) mass is 475 g/mol. The molecule has 160 valence electrons. The third-order valence-electron chi connectivity index (χ3n) is 5.15. The number of aromatic nitrogens is 5. The fraction of sp³-hybridized carbons (Fsp3) is 0.125. The number of thioether (sulfide) groups is 1. The van der Waals surface area contributed by atoms with Gasteiger partial charge in [-0.15, -0.1) is 11.3 Å². The minimum atomic E-state index is 0.630. The highest BCUT2D eigenvalue weighted by molar-refractivity contribution is 7.98. The van der Waals surface area contributed by atoms with E-state index in [1.165, 1.54) is 16.0 Å². The van der Waals surface area contributed by atoms with Gasteiger partial charge in [0.2, 0.25) is 0 Å². The second kappa shape index (κ2) is 9.28. The smallest absolute Gasteiger partial charge is 0.195 e. The first-order valence-corrected chi connectivity index (χ1v) is 12.5. The van der Waals surface area contributed by atoms with Gasteiger partial charge in [0.15, 0.2) is 9.93 Å². The molecule has 5 rings (SSSR count). The predicted molar refractivity (Wildman–Crippen MR) is 134 cm³/mol. The van der Waals surface area contributed by atoms with E-state index in [0.717, 1.165) is 22.4 Å². The Balaban J connectivity index is 1.46. The lowest BCUT2D eigenvalue weighted by atomic mass is 10.2. The molecule has 1 N–H and O–H groups in total. The highest BCUT2D eigenvalue weighted by atomic mass is 32.2. The fourth-order valence-corrected chi connectivity index (χ4v) is 5.38. The average molecular weight is 476 g/mol. The molecule has 0 spiro atoms. The Morgan fingerprint density at radius 3 is 2.59 bits per heavy atom. The van der Waals surface area contributed by atoms with Gasteiger partial charge in [-0.2, -0.15) is 5.10 Å². The summed E-state index contributed by atoms with van der Waals surface area (Å²) >= 11 is 8.87. The number of nitrogens with zero attached hydrogens (tertiary/aromatic N) is 4. The normalized spacial score (nSPS) is 11.2. The first kappa shape index (κ1) is 20.9. The van der Waals surface area contributed by atoms with Crippen molar-refractivity contribution in [1.29, 1.82) is 0 Å². The number of H-pyrrole nitrogens is 1. The van der Waals surface area contributed by atoms with Crippen LogP contribution in [0.5, 0.6) is 0 Å². The molecule has 0 aliphatic heterocycles. The molecule has 0 radical (unpaired) electrons. The molecular weight excluding hydrogens is 455 g/mol.